The van der Waals surface area contributed by atoms with Gasteiger partial charge in [0.1, 0.15) is 11.5 Å². The molecule has 0 atom stereocenters. The summed E-state index contributed by atoms with van der Waals surface area (Å²) in [7, 11) is 0. The second kappa shape index (κ2) is 7.97. The summed E-state index contributed by atoms with van der Waals surface area (Å²) in [5, 5.41) is 0.721. The van der Waals surface area contributed by atoms with E-state index in [-0.39, 0.29) is 0 Å². The van der Waals surface area contributed by atoms with Gasteiger partial charge < -0.3 is 15.0 Å². The zero-order valence-electron chi connectivity index (χ0n) is 16.6. The molecule has 0 spiro atoms. The number of hydrogen-bond acceptors (Lipinski definition) is 5. The van der Waals surface area contributed by atoms with E-state index in [0.717, 1.165) is 71.9 Å². The average Bonchev–Trinajstić information content (AvgIpc) is 3.13. The summed E-state index contributed by atoms with van der Waals surface area (Å²) in [5.74, 6) is 1.04. The molecule has 1 aromatic carbocycles. The van der Waals surface area contributed by atoms with E-state index < -0.39 is 0 Å². The molecule has 0 radical (unpaired) electrons. The summed E-state index contributed by atoms with van der Waals surface area (Å²) in [6.07, 6.45) is 3.81. The van der Waals surface area contributed by atoms with Gasteiger partial charge in [0.25, 0.3) is 0 Å². The highest BCUT2D eigenvalue weighted by atomic mass is 35.5. The van der Waals surface area contributed by atoms with E-state index in [0.29, 0.717) is 0 Å². The van der Waals surface area contributed by atoms with Gasteiger partial charge in [-0.05, 0) is 36.4 Å². The second-order valence-electron chi connectivity index (χ2n) is 7.56. The highest BCUT2D eigenvalue weighted by Crippen LogP contribution is 2.28. The molecule has 1 fully saturated rings. The van der Waals surface area contributed by atoms with E-state index in [1.807, 2.05) is 60.9 Å². The maximum atomic E-state index is 6.10. The minimum atomic E-state index is 0.721. The summed E-state index contributed by atoms with van der Waals surface area (Å²) >= 11 is 6.10. The molecule has 3 aromatic heterocycles. The van der Waals surface area contributed by atoms with Gasteiger partial charge in [-0.2, -0.15) is 0 Å². The number of nitrogens with two attached hydrogens (primary N) is 1. The van der Waals surface area contributed by atoms with Crippen molar-refractivity contribution >= 4 is 28.8 Å². The van der Waals surface area contributed by atoms with Gasteiger partial charge in [-0.25, -0.2) is 9.97 Å². The molecule has 0 unspecified atom stereocenters. The monoisotopic (exact) mass is 418 g/mol. The lowest BCUT2D eigenvalue weighted by Gasteiger charge is -2.35. The van der Waals surface area contributed by atoms with Crippen LogP contribution in [0.15, 0.2) is 67.0 Å². The van der Waals surface area contributed by atoms with Gasteiger partial charge in [0.2, 0.25) is 0 Å². The fourth-order valence-corrected chi connectivity index (χ4v) is 4.11. The third-order valence-electron chi connectivity index (χ3n) is 5.58. The van der Waals surface area contributed by atoms with Crippen LogP contribution in [0.4, 0.5) is 11.5 Å². The van der Waals surface area contributed by atoms with Gasteiger partial charge in [0.05, 0.1) is 11.4 Å². The number of benzene rings is 1. The largest absolute Gasteiger partial charge is 0.398 e. The average molecular weight is 419 g/mol. The van der Waals surface area contributed by atoms with Crippen LogP contribution in [0.25, 0.3) is 16.9 Å². The normalized spacial score (nSPS) is 15.0. The molecular weight excluding hydrogens is 396 g/mol. The van der Waals surface area contributed by atoms with Crippen LogP contribution in [0.2, 0.25) is 5.02 Å². The van der Waals surface area contributed by atoms with Crippen molar-refractivity contribution in [3.8, 4) is 11.3 Å². The molecule has 1 aliphatic heterocycles. The first-order valence-electron chi connectivity index (χ1n) is 10.1. The van der Waals surface area contributed by atoms with Crippen molar-refractivity contribution in [3.05, 3.63) is 77.7 Å². The van der Waals surface area contributed by atoms with Crippen LogP contribution in [0, 0.1) is 0 Å². The van der Waals surface area contributed by atoms with E-state index in [9.17, 15) is 0 Å². The van der Waals surface area contributed by atoms with Crippen molar-refractivity contribution in [3.63, 3.8) is 0 Å². The molecule has 4 aromatic rings. The number of aromatic nitrogens is 3. The molecule has 30 heavy (non-hydrogen) atoms. The Morgan fingerprint density at radius 1 is 0.933 bits per heavy atom. The van der Waals surface area contributed by atoms with Gasteiger partial charge >= 0.3 is 0 Å². The van der Waals surface area contributed by atoms with Crippen LogP contribution in [0.5, 0.6) is 0 Å². The van der Waals surface area contributed by atoms with Crippen molar-refractivity contribution < 1.29 is 0 Å². The van der Waals surface area contributed by atoms with Crippen LogP contribution >= 0.6 is 11.6 Å². The molecule has 0 amide bonds. The molecule has 152 valence electrons. The first-order valence-corrected chi connectivity index (χ1v) is 10.5. The van der Waals surface area contributed by atoms with Crippen molar-refractivity contribution in [1.82, 2.24) is 19.3 Å². The number of halogens is 1. The quantitative estimate of drug-likeness (QED) is 0.543. The van der Waals surface area contributed by atoms with Crippen LogP contribution < -0.4 is 10.6 Å². The molecule has 7 heteroatoms. The number of piperazine rings is 1. The van der Waals surface area contributed by atoms with Gasteiger partial charge in [0.15, 0.2) is 0 Å². The fourth-order valence-electron chi connectivity index (χ4n) is 3.99. The predicted molar refractivity (Wildman–Crippen MR) is 122 cm³/mol. The molecule has 2 N–H and O–H groups in total. The Morgan fingerprint density at radius 3 is 2.47 bits per heavy atom. The minimum Gasteiger partial charge on any atom is -0.398 e. The summed E-state index contributed by atoms with van der Waals surface area (Å²) in [5.41, 5.74) is 10.9. The molecule has 0 bridgehead atoms. The minimum absolute atomic E-state index is 0.721. The number of nitrogen functional groups attached to an aromatic ring is 1. The summed E-state index contributed by atoms with van der Waals surface area (Å²) in [6.45, 7) is 4.63. The second-order valence-corrected chi connectivity index (χ2v) is 7.99. The molecule has 0 saturated carbocycles. The first kappa shape index (κ1) is 18.9. The number of nitrogens with zero attached hydrogens (tertiary/aromatic N) is 5. The SMILES string of the molecule is Nc1ccc2nc(-c3ccc(Cl)cc3)c(CN3CCN(c4ccccn4)CC3)n2c1. The van der Waals surface area contributed by atoms with E-state index in [1.165, 1.54) is 0 Å². The van der Waals surface area contributed by atoms with Crippen LogP contribution in [-0.2, 0) is 6.54 Å². The third kappa shape index (κ3) is 3.72. The summed E-state index contributed by atoms with van der Waals surface area (Å²) in [4.78, 5) is 14.2. The number of imidazole rings is 1. The Kier molecular flexibility index (Phi) is 5.02. The number of rotatable bonds is 4. The Labute approximate surface area is 180 Å². The Morgan fingerprint density at radius 2 is 1.73 bits per heavy atom. The van der Waals surface area contributed by atoms with Crippen molar-refractivity contribution in [2.45, 2.75) is 6.54 Å². The topological polar surface area (TPSA) is 62.7 Å². The molecule has 5 rings (SSSR count). The lowest BCUT2D eigenvalue weighted by molar-refractivity contribution is 0.246. The molecule has 4 heterocycles. The first-order chi connectivity index (χ1) is 14.7. The van der Waals surface area contributed by atoms with E-state index in [1.54, 1.807) is 0 Å². The van der Waals surface area contributed by atoms with Gasteiger partial charge in [0, 0.05) is 61.4 Å². The summed E-state index contributed by atoms with van der Waals surface area (Å²) < 4.78 is 2.12. The predicted octanol–water partition coefficient (Wildman–Crippen LogP) is 3.95. The maximum absolute atomic E-state index is 6.10. The zero-order chi connectivity index (χ0) is 20.5. The lowest BCUT2D eigenvalue weighted by Crippen LogP contribution is -2.46. The molecule has 6 nitrogen and oxygen atoms in total. The van der Waals surface area contributed by atoms with Crippen LogP contribution in [0.3, 0.4) is 0 Å². The van der Waals surface area contributed by atoms with E-state index in [2.05, 4.69) is 25.3 Å². The van der Waals surface area contributed by atoms with Crippen molar-refractivity contribution in [1.29, 1.82) is 0 Å². The van der Waals surface area contributed by atoms with E-state index >= 15 is 0 Å². The highest BCUT2D eigenvalue weighted by Gasteiger charge is 2.22. The highest BCUT2D eigenvalue weighted by molar-refractivity contribution is 6.30. The Balaban J connectivity index is 1.43. The Hall–Kier alpha value is -3.09. The van der Waals surface area contributed by atoms with Crippen LogP contribution in [0.1, 0.15) is 5.69 Å². The fraction of sp³-hybridized carbons (Fsp3) is 0.217. The number of fused-ring (bicyclic) bond motifs is 1. The van der Waals surface area contributed by atoms with Crippen molar-refractivity contribution in [2.24, 2.45) is 0 Å². The molecule has 0 aliphatic carbocycles. The third-order valence-corrected chi connectivity index (χ3v) is 5.83. The van der Waals surface area contributed by atoms with Gasteiger partial charge in [-0.1, -0.05) is 29.8 Å². The molecule has 1 saturated heterocycles. The van der Waals surface area contributed by atoms with Gasteiger partial charge in [-0.3, -0.25) is 4.90 Å². The maximum Gasteiger partial charge on any atom is 0.137 e. The molecular formula is C23H23ClN6. The standard InChI is InChI=1S/C23H23ClN6/c24-18-6-4-17(5-7-18)23-20(30-15-19(25)8-9-22(30)27-23)16-28-11-13-29(14-12-28)21-3-1-2-10-26-21/h1-10,15H,11-14,16,25H2. The zero-order valence-corrected chi connectivity index (χ0v) is 17.3. The number of pyridine rings is 2. The van der Waals surface area contributed by atoms with Crippen LogP contribution in [-0.4, -0.2) is 45.4 Å². The number of anilines is 2. The molecule has 1 aliphatic rings. The lowest BCUT2D eigenvalue weighted by atomic mass is 10.1. The van der Waals surface area contributed by atoms with Crippen molar-refractivity contribution in [2.75, 3.05) is 36.8 Å². The Bertz CT molecular complexity index is 1150. The smallest absolute Gasteiger partial charge is 0.137 e. The summed E-state index contributed by atoms with van der Waals surface area (Å²) in [6, 6.07) is 17.8. The number of hydrogen-bond donors (Lipinski definition) is 1. The van der Waals surface area contributed by atoms with Gasteiger partial charge in [-0.15, -0.1) is 0 Å². The van der Waals surface area contributed by atoms with E-state index in [4.69, 9.17) is 22.3 Å².